The lowest BCUT2D eigenvalue weighted by Gasteiger charge is -2.00. The number of aromatic nitrogens is 1. The first kappa shape index (κ1) is 12.2. The minimum Gasteiger partial charge on any atom is -0.268 e. The van der Waals surface area contributed by atoms with Gasteiger partial charge in [-0.2, -0.15) is 0 Å². The van der Waals surface area contributed by atoms with E-state index in [2.05, 4.69) is 25.1 Å². The van der Waals surface area contributed by atoms with Crippen LogP contribution in [0.3, 0.4) is 0 Å². The summed E-state index contributed by atoms with van der Waals surface area (Å²) in [5, 5.41) is 0.845. The molecule has 19 heavy (non-hydrogen) atoms. The summed E-state index contributed by atoms with van der Waals surface area (Å²) in [5.41, 5.74) is 2.58. The van der Waals surface area contributed by atoms with Crippen LogP contribution >= 0.6 is 11.5 Å². The quantitative estimate of drug-likeness (QED) is 0.712. The Balaban J connectivity index is 1.92. The number of hydrogen-bond donors (Lipinski definition) is 0. The molecule has 0 atom stereocenters. The molecule has 96 valence electrons. The van der Waals surface area contributed by atoms with Crippen molar-refractivity contribution >= 4 is 21.6 Å². The fourth-order valence-electron chi connectivity index (χ4n) is 2.25. The Labute approximate surface area is 116 Å². The topological polar surface area (TPSA) is 22.0 Å². The van der Waals surface area contributed by atoms with E-state index in [1.54, 1.807) is 11.5 Å². The van der Waals surface area contributed by atoms with Crippen LogP contribution in [0.25, 0.3) is 10.1 Å². The van der Waals surface area contributed by atoms with Gasteiger partial charge in [0, 0.05) is 6.54 Å². The standard InChI is InChI=1S/C16H15NOS/c1-12-6-5-9-14-15(12)19-17(16(14)18)11-10-13-7-3-2-4-8-13/h2-9H,10-11H2,1H3. The van der Waals surface area contributed by atoms with E-state index in [-0.39, 0.29) is 5.56 Å². The fraction of sp³-hybridized carbons (Fsp3) is 0.188. The Morgan fingerprint density at radius 2 is 1.84 bits per heavy atom. The van der Waals surface area contributed by atoms with Gasteiger partial charge in [-0.05, 0) is 30.5 Å². The maximum Gasteiger partial charge on any atom is 0.268 e. The van der Waals surface area contributed by atoms with Crippen LogP contribution in [0.5, 0.6) is 0 Å². The van der Waals surface area contributed by atoms with Crippen molar-refractivity contribution in [3.63, 3.8) is 0 Å². The number of hydrogen-bond acceptors (Lipinski definition) is 2. The van der Waals surface area contributed by atoms with Crippen molar-refractivity contribution in [3.05, 3.63) is 70.0 Å². The van der Waals surface area contributed by atoms with E-state index in [4.69, 9.17) is 0 Å². The van der Waals surface area contributed by atoms with Crippen molar-refractivity contribution in [1.29, 1.82) is 0 Å². The van der Waals surface area contributed by atoms with Gasteiger partial charge < -0.3 is 0 Å². The largest absolute Gasteiger partial charge is 0.268 e. The number of benzene rings is 2. The molecule has 2 aromatic carbocycles. The molecule has 3 rings (SSSR count). The van der Waals surface area contributed by atoms with E-state index in [0.29, 0.717) is 0 Å². The second-order valence-electron chi connectivity index (χ2n) is 4.69. The van der Waals surface area contributed by atoms with Gasteiger partial charge in [0.25, 0.3) is 5.56 Å². The molecule has 0 aliphatic heterocycles. The highest BCUT2D eigenvalue weighted by Crippen LogP contribution is 2.20. The minimum absolute atomic E-state index is 0.139. The SMILES string of the molecule is Cc1cccc2c(=O)n(CCc3ccccc3)sc12. The molecule has 0 amide bonds. The summed E-state index contributed by atoms with van der Waals surface area (Å²) in [4.78, 5) is 12.3. The lowest BCUT2D eigenvalue weighted by atomic mass is 10.1. The van der Waals surface area contributed by atoms with Crippen LogP contribution in [-0.4, -0.2) is 3.96 Å². The van der Waals surface area contributed by atoms with E-state index in [1.165, 1.54) is 11.1 Å². The molecular weight excluding hydrogens is 254 g/mol. The fourth-order valence-corrected chi connectivity index (χ4v) is 3.30. The highest BCUT2D eigenvalue weighted by molar-refractivity contribution is 7.14. The van der Waals surface area contributed by atoms with E-state index >= 15 is 0 Å². The summed E-state index contributed by atoms with van der Waals surface area (Å²) in [7, 11) is 0. The maximum absolute atomic E-state index is 12.3. The molecule has 0 aliphatic carbocycles. The molecule has 1 aromatic heterocycles. The Bertz CT molecular complexity index is 755. The molecule has 3 heteroatoms. The summed E-state index contributed by atoms with van der Waals surface area (Å²) >= 11 is 1.57. The second kappa shape index (κ2) is 5.02. The Kier molecular flexibility index (Phi) is 3.22. The van der Waals surface area contributed by atoms with Gasteiger partial charge >= 0.3 is 0 Å². The van der Waals surface area contributed by atoms with Gasteiger partial charge in [-0.15, -0.1) is 0 Å². The van der Waals surface area contributed by atoms with Gasteiger partial charge in [-0.1, -0.05) is 54.0 Å². The second-order valence-corrected chi connectivity index (χ2v) is 5.72. The Hall–Kier alpha value is -1.87. The third kappa shape index (κ3) is 2.34. The van der Waals surface area contributed by atoms with Gasteiger partial charge in [-0.25, -0.2) is 0 Å². The minimum atomic E-state index is 0.139. The number of aryl methyl sites for hydroxylation is 3. The predicted octanol–water partition coefficient (Wildman–Crippen LogP) is 3.61. The molecule has 0 aliphatic rings. The smallest absolute Gasteiger partial charge is 0.268 e. The van der Waals surface area contributed by atoms with Crippen LogP contribution in [0.4, 0.5) is 0 Å². The molecule has 0 saturated heterocycles. The van der Waals surface area contributed by atoms with Gasteiger partial charge in [0.15, 0.2) is 0 Å². The molecule has 0 radical (unpaired) electrons. The van der Waals surface area contributed by atoms with Gasteiger partial charge in [-0.3, -0.25) is 8.75 Å². The number of fused-ring (bicyclic) bond motifs is 1. The van der Waals surface area contributed by atoms with Crippen molar-refractivity contribution in [3.8, 4) is 0 Å². The first-order valence-corrected chi connectivity index (χ1v) is 7.16. The predicted molar refractivity (Wildman–Crippen MR) is 81.0 cm³/mol. The molecule has 0 N–H and O–H groups in total. The third-order valence-corrected chi connectivity index (χ3v) is 4.61. The van der Waals surface area contributed by atoms with Crippen LogP contribution in [0.2, 0.25) is 0 Å². The molecule has 0 bridgehead atoms. The Morgan fingerprint density at radius 3 is 2.58 bits per heavy atom. The summed E-state index contributed by atoms with van der Waals surface area (Å²) in [6.45, 7) is 2.81. The lowest BCUT2D eigenvalue weighted by Crippen LogP contribution is -2.14. The summed E-state index contributed by atoms with van der Waals surface area (Å²) in [5.74, 6) is 0. The van der Waals surface area contributed by atoms with E-state index < -0.39 is 0 Å². The lowest BCUT2D eigenvalue weighted by molar-refractivity contribution is 0.736. The first-order valence-electron chi connectivity index (χ1n) is 6.39. The van der Waals surface area contributed by atoms with Crippen LogP contribution in [0.15, 0.2) is 53.3 Å². The molecular formula is C16H15NOS. The average Bonchev–Trinajstić information content (AvgIpc) is 2.77. The summed E-state index contributed by atoms with van der Waals surface area (Å²) in [6, 6.07) is 16.2. The first-order chi connectivity index (χ1) is 9.25. The van der Waals surface area contributed by atoms with Crippen molar-refractivity contribution in [2.24, 2.45) is 0 Å². The zero-order chi connectivity index (χ0) is 13.2. The molecule has 2 nitrogen and oxygen atoms in total. The zero-order valence-corrected chi connectivity index (χ0v) is 11.6. The molecule has 3 aromatic rings. The van der Waals surface area contributed by atoms with Crippen molar-refractivity contribution < 1.29 is 0 Å². The molecule has 0 fully saturated rings. The molecule has 1 heterocycles. The molecule has 0 unspecified atom stereocenters. The number of nitrogens with zero attached hydrogens (tertiary/aromatic N) is 1. The Morgan fingerprint density at radius 1 is 1.05 bits per heavy atom. The van der Waals surface area contributed by atoms with Crippen LogP contribution < -0.4 is 5.56 Å². The van der Waals surface area contributed by atoms with Gasteiger partial charge in [0.2, 0.25) is 0 Å². The van der Waals surface area contributed by atoms with E-state index in [0.717, 1.165) is 23.1 Å². The third-order valence-electron chi connectivity index (χ3n) is 3.32. The van der Waals surface area contributed by atoms with Crippen molar-refractivity contribution in [1.82, 2.24) is 3.96 Å². The molecule has 0 saturated carbocycles. The summed E-state index contributed by atoms with van der Waals surface area (Å²) < 4.78 is 2.98. The number of rotatable bonds is 3. The van der Waals surface area contributed by atoms with Crippen LogP contribution in [-0.2, 0) is 13.0 Å². The maximum atomic E-state index is 12.3. The monoisotopic (exact) mass is 269 g/mol. The van der Waals surface area contributed by atoms with Gasteiger partial charge in [0.05, 0.1) is 10.1 Å². The average molecular weight is 269 g/mol. The van der Waals surface area contributed by atoms with Crippen LogP contribution in [0, 0.1) is 6.92 Å². The van der Waals surface area contributed by atoms with Crippen LogP contribution in [0.1, 0.15) is 11.1 Å². The van der Waals surface area contributed by atoms with Gasteiger partial charge in [0.1, 0.15) is 0 Å². The normalized spacial score (nSPS) is 11.0. The highest BCUT2D eigenvalue weighted by Gasteiger charge is 2.08. The van der Waals surface area contributed by atoms with Crippen molar-refractivity contribution in [2.75, 3.05) is 0 Å². The van der Waals surface area contributed by atoms with E-state index in [1.807, 2.05) is 34.3 Å². The van der Waals surface area contributed by atoms with E-state index in [9.17, 15) is 4.79 Å². The molecule has 0 spiro atoms. The highest BCUT2D eigenvalue weighted by atomic mass is 32.1. The van der Waals surface area contributed by atoms with Crippen molar-refractivity contribution in [2.45, 2.75) is 19.9 Å². The summed E-state index contributed by atoms with van der Waals surface area (Å²) in [6.07, 6.45) is 0.895. The zero-order valence-electron chi connectivity index (χ0n) is 10.8.